The first-order chi connectivity index (χ1) is 22.2. The number of carbonyl (C=O) groups excluding carboxylic acids is 2. The molecule has 2 atom stereocenters. The highest BCUT2D eigenvalue weighted by molar-refractivity contribution is 7.16. The van der Waals surface area contributed by atoms with Crippen LogP contribution in [0.25, 0.3) is 21.6 Å². The predicted octanol–water partition coefficient (Wildman–Crippen LogP) is 2.89. The number of aryl methyl sites for hydroxylation is 2. The number of rotatable bonds is 6. The van der Waals surface area contributed by atoms with Crippen molar-refractivity contribution < 1.29 is 14.7 Å². The van der Waals surface area contributed by atoms with E-state index in [0.717, 1.165) is 16.1 Å². The van der Waals surface area contributed by atoms with Crippen LogP contribution in [-0.2, 0) is 25.4 Å². The third-order valence-electron chi connectivity index (χ3n) is 9.53. The minimum absolute atomic E-state index is 0.0419. The van der Waals surface area contributed by atoms with Gasteiger partial charge in [-0.2, -0.15) is 5.10 Å². The summed E-state index contributed by atoms with van der Waals surface area (Å²) in [6.07, 6.45) is 7.96. The molecule has 1 aromatic carbocycles. The summed E-state index contributed by atoms with van der Waals surface area (Å²) in [6, 6.07) is 13.5. The van der Waals surface area contributed by atoms with Gasteiger partial charge >= 0.3 is 0 Å². The topological polar surface area (TPSA) is 131 Å². The van der Waals surface area contributed by atoms with Gasteiger partial charge in [-0.3, -0.25) is 23.6 Å². The molecule has 0 saturated carbocycles. The average Bonchev–Trinajstić information content (AvgIpc) is 3.82. The monoisotopic (exact) mass is 640 g/mol. The van der Waals surface area contributed by atoms with Crippen LogP contribution in [0.15, 0.2) is 72.2 Å². The van der Waals surface area contributed by atoms with E-state index in [1.54, 1.807) is 33.9 Å². The molecule has 0 aliphatic carbocycles. The quantitative estimate of drug-likeness (QED) is 0.302. The number of likely N-dealkylation sites (tertiary alicyclic amines) is 2. The Morgan fingerprint density at radius 2 is 1.80 bits per heavy atom. The molecule has 46 heavy (non-hydrogen) atoms. The Morgan fingerprint density at radius 1 is 1.02 bits per heavy atom. The van der Waals surface area contributed by atoms with Gasteiger partial charge in [0, 0.05) is 70.7 Å². The lowest BCUT2D eigenvalue weighted by Gasteiger charge is -2.43. The number of aliphatic hydroxyl groups is 1. The zero-order valence-corrected chi connectivity index (χ0v) is 26.6. The van der Waals surface area contributed by atoms with Crippen molar-refractivity contribution in [1.82, 2.24) is 38.7 Å². The number of carbonyl (C=O) groups is 2. The van der Waals surface area contributed by atoms with E-state index in [9.17, 15) is 19.5 Å². The Kier molecular flexibility index (Phi) is 7.81. The van der Waals surface area contributed by atoms with E-state index >= 15 is 0 Å². The molecule has 2 fully saturated rings. The fraction of sp³-hybridized carbons (Fsp3) is 0.394. The molecule has 0 unspecified atom stereocenters. The van der Waals surface area contributed by atoms with Crippen LogP contribution in [0.3, 0.4) is 0 Å². The zero-order chi connectivity index (χ0) is 32.0. The number of fused-ring (bicyclic) bond motifs is 1. The highest BCUT2D eigenvalue weighted by Gasteiger charge is 2.42. The molecule has 2 aliphatic rings. The number of hydrogen-bond donors (Lipinski definition) is 1. The van der Waals surface area contributed by atoms with Gasteiger partial charge in [0.2, 0.25) is 5.91 Å². The van der Waals surface area contributed by atoms with Gasteiger partial charge < -0.3 is 19.5 Å². The molecule has 238 valence electrons. The minimum Gasteiger partial charge on any atom is -0.388 e. The first-order valence-electron chi connectivity index (χ1n) is 15.5. The molecular formula is C33H36N8O4S. The second-order valence-corrected chi connectivity index (χ2v) is 13.5. The van der Waals surface area contributed by atoms with Crippen molar-refractivity contribution in [3.05, 3.63) is 88.3 Å². The van der Waals surface area contributed by atoms with Crippen LogP contribution in [0.5, 0.6) is 0 Å². The Morgan fingerprint density at radius 3 is 2.54 bits per heavy atom. The van der Waals surface area contributed by atoms with E-state index in [0.29, 0.717) is 61.5 Å². The summed E-state index contributed by atoms with van der Waals surface area (Å²) in [5.41, 5.74) is 1.22. The minimum atomic E-state index is -1.12. The maximum absolute atomic E-state index is 14.1. The van der Waals surface area contributed by atoms with Crippen LogP contribution >= 0.6 is 11.3 Å². The van der Waals surface area contributed by atoms with Crippen molar-refractivity contribution in [3.63, 3.8) is 0 Å². The van der Waals surface area contributed by atoms with E-state index < -0.39 is 5.60 Å². The maximum Gasteiger partial charge on any atom is 0.282 e. The van der Waals surface area contributed by atoms with Gasteiger partial charge in [-0.05, 0) is 37.0 Å². The van der Waals surface area contributed by atoms with Gasteiger partial charge in [0.25, 0.3) is 11.5 Å². The molecule has 0 spiro atoms. The van der Waals surface area contributed by atoms with Crippen molar-refractivity contribution in [3.8, 4) is 10.6 Å². The normalized spacial score (nSPS) is 19.9. The van der Waals surface area contributed by atoms with Crippen molar-refractivity contribution in [2.75, 3.05) is 26.2 Å². The molecule has 0 radical (unpaired) electrons. The summed E-state index contributed by atoms with van der Waals surface area (Å²) < 4.78 is 5.02. The molecule has 4 aromatic heterocycles. The number of hydrogen-bond acceptors (Lipinski definition) is 8. The summed E-state index contributed by atoms with van der Waals surface area (Å²) in [5, 5.41) is 16.6. The lowest BCUT2D eigenvalue weighted by atomic mass is 9.79. The lowest BCUT2D eigenvalue weighted by molar-refractivity contribution is -0.142. The second kappa shape index (κ2) is 12.0. The van der Waals surface area contributed by atoms with E-state index in [1.807, 2.05) is 60.3 Å². The van der Waals surface area contributed by atoms with Crippen molar-refractivity contribution >= 4 is 34.2 Å². The fourth-order valence-electron chi connectivity index (χ4n) is 6.86. The van der Waals surface area contributed by atoms with Crippen LogP contribution in [0.4, 0.5) is 0 Å². The van der Waals surface area contributed by atoms with Gasteiger partial charge in [-0.15, -0.1) is 11.3 Å². The van der Waals surface area contributed by atoms with Crippen LogP contribution < -0.4 is 5.56 Å². The number of nitrogens with zero attached hydrogens (tertiary/aromatic N) is 8. The first kappa shape index (κ1) is 30.1. The Bertz CT molecular complexity index is 1950. The smallest absolute Gasteiger partial charge is 0.282 e. The van der Waals surface area contributed by atoms with Gasteiger partial charge in [0.05, 0.1) is 28.1 Å². The van der Waals surface area contributed by atoms with Gasteiger partial charge in [0.1, 0.15) is 12.0 Å². The second-order valence-electron chi connectivity index (χ2n) is 12.4. The Hall–Kier alpha value is -4.62. The highest BCUT2D eigenvalue weighted by atomic mass is 32.1. The van der Waals surface area contributed by atoms with Crippen molar-refractivity contribution in [2.24, 2.45) is 20.0 Å². The summed E-state index contributed by atoms with van der Waals surface area (Å²) in [6.45, 7) is 1.77. The van der Waals surface area contributed by atoms with E-state index in [2.05, 4.69) is 15.1 Å². The number of piperidine rings is 2. The molecule has 2 aliphatic heterocycles. The molecule has 12 nitrogen and oxygen atoms in total. The fourth-order valence-corrected chi connectivity index (χ4v) is 7.80. The van der Waals surface area contributed by atoms with Crippen molar-refractivity contribution in [1.29, 1.82) is 0 Å². The number of aromatic nitrogens is 6. The van der Waals surface area contributed by atoms with Gasteiger partial charge in [-0.25, -0.2) is 9.97 Å². The van der Waals surface area contributed by atoms with Gasteiger partial charge in [-0.1, -0.05) is 30.3 Å². The van der Waals surface area contributed by atoms with Crippen LogP contribution in [0.2, 0.25) is 0 Å². The molecule has 7 rings (SSSR count). The number of benzene rings is 1. The standard InChI is InChI=1S/C33H36N8O4S/c1-37-14-9-24-28(37)35-21-41(31(24)43)20-33(45)11-16-39(17-12-33)30(42)23-10-15-40(19-25(23)22-6-4-3-5-7-22)32(44)29-34-18-27(46-29)26-8-13-36-38(26)2/h3-9,13-14,18,21,23,25,45H,10-12,15-17,19-20H2,1-2H3/t23-,25+/m1/s1. The van der Waals surface area contributed by atoms with Crippen molar-refractivity contribution in [2.45, 2.75) is 37.3 Å². The zero-order valence-electron chi connectivity index (χ0n) is 25.8. The molecule has 2 saturated heterocycles. The highest BCUT2D eigenvalue weighted by Crippen LogP contribution is 2.36. The largest absolute Gasteiger partial charge is 0.388 e. The van der Waals surface area contributed by atoms with Gasteiger partial charge in [0.15, 0.2) is 5.01 Å². The van der Waals surface area contributed by atoms with Crippen LogP contribution in [-0.4, -0.2) is 87.4 Å². The SMILES string of the molecule is Cn1nccc1-c1cnc(C(=O)N2CC[C@@H](C(=O)N3CCC(O)(Cn4cnc5c(ccn5C)c4=O)CC3)[C@H](c3ccccc3)C2)s1. The van der Waals surface area contributed by atoms with Crippen LogP contribution in [0, 0.1) is 5.92 Å². The Labute approximate surface area is 269 Å². The summed E-state index contributed by atoms with van der Waals surface area (Å²) >= 11 is 1.35. The molecule has 0 bridgehead atoms. The number of thiazole rings is 1. The summed E-state index contributed by atoms with van der Waals surface area (Å²) in [7, 11) is 3.69. The molecule has 1 N–H and O–H groups in total. The predicted molar refractivity (Wildman–Crippen MR) is 173 cm³/mol. The lowest BCUT2D eigenvalue weighted by Crippen LogP contribution is -2.53. The van der Waals surface area contributed by atoms with Crippen LogP contribution in [0.1, 0.15) is 40.5 Å². The summed E-state index contributed by atoms with van der Waals surface area (Å²) in [5.74, 6) is -0.566. The first-order valence-corrected chi connectivity index (χ1v) is 16.3. The van der Waals surface area contributed by atoms with E-state index in [1.165, 1.54) is 22.2 Å². The molecule has 13 heteroatoms. The third-order valence-corrected chi connectivity index (χ3v) is 10.5. The Balaban J connectivity index is 1.04. The third kappa shape index (κ3) is 5.53. The molecular weight excluding hydrogens is 604 g/mol. The molecule has 6 heterocycles. The maximum atomic E-state index is 14.1. The number of amides is 2. The van der Waals surface area contributed by atoms with E-state index in [-0.39, 0.29) is 35.8 Å². The summed E-state index contributed by atoms with van der Waals surface area (Å²) in [4.78, 5) is 54.1. The molecule has 2 amide bonds. The molecule has 5 aromatic rings. The average molecular weight is 641 g/mol. The van der Waals surface area contributed by atoms with E-state index in [4.69, 9.17) is 0 Å².